The summed E-state index contributed by atoms with van der Waals surface area (Å²) in [7, 11) is 2.05. The molecule has 0 spiro atoms. The van der Waals surface area contributed by atoms with Crippen LogP contribution in [0.4, 0.5) is 0 Å². The first-order chi connectivity index (χ1) is 9.17. The molecule has 4 nitrogen and oxygen atoms in total. The molecule has 2 heterocycles. The van der Waals surface area contributed by atoms with E-state index < -0.39 is 0 Å². The van der Waals surface area contributed by atoms with Crippen molar-refractivity contribution in [3.05, 3.63) is 18.0 Å². The Morgan fingerprint density at radius 1 is 1.47 bits per heavy atom. The minimum Gasteiger partial charge on any atom is -0.319 e. The third-order valence-electron chi connectivity index (χ3n) is 4.14. The second-order valence-electron chi connectivity index (χ2n) is 5.92. The van der Waals surface area contributed by atoms with Crippen molar-refractivity contribution in [3.63, 3.8) is 0 Å². The molecule has 0 amide bonds. The number of hydrogen-bond donors (Lipinski definition) is 1. The second kappa shape index (κ2) is 6.53. The molecule has 1 saturated heterocycles. The van der Waals surface area contributed by atoms with Gasteiger partial charge in [0.05, 0.1) is 6.20 Å². The molecule has 2 unspecified atom stereocenters. The van der Waals surface area contributed by atoms with Crippen LogP contribution in [0.1, 0.15) is 45.2 Å². The van der Waals surface area contributed by atoms with Crippen LogP contribution < -0.4 is 5.32 Å². The molecule has 4 heteroatoms. The van der Waals surface area contributed by atoms with Gasteiger partial charge in [-0.25, -0.2) is 0 Å². The van der Waals surface area contributed by atoms with Gasteiger partial charge in [0, 0.05) is 30.4 Å². The molecule has 19 heavy (non-hydrogen) atoms. The highest BCUT2D eigenvalue weighted by molar-refractivity contribution is 5.15. The Hall–Kier alpha value is -0.870. The van der Waals surface area contributed by atoms with Crippen molar-refractivity contribution in [3.8, 4) is 0 Å². The number of hydrogen-bond acceptors (Lipinski definition) is 3. The van der Waals surface area contributed by atoms with Crippen molar-refractivity contribution in [2.75, 3.05) is 20.1 Å². The zero-order valence-corrected chi connectivity index (χ0v) is 12.8. The topological polar surface area (TPSA) is 33.1 Å². The molecule has 0 aliphatic carbocycles. The summed E-state index contributed by atoms with van der Waals surface area (Å²) in [4.78, 5) is 2.62. The van der Waals surface area contributed by atoms with Crippen molar-refractivity contribution in [1.82, 2.24) is 20.0 Å². The van der Waals surface area contributed by atoms with Gasteiger partial charge < -0.3 is 5.32 Å². The molecule has 0 saturated carbocycles. The Morgan fingerprint density at radius 3 is 2.89 bits per heavy atom. The second-order valence-corrected chi connectivity index (χ2v) is 5.92. The van der Waals surface area contributed by atoms with E-state index in [9.17, 15) is 0 Å². The SMILES string of the molecule is CCCn1cc(C2C(CNC)CCN2C(C)C)cn1. The van der Waals surface area contributed by atoms with Gasteiger partial charge in [-0.05, 0) is 52.7 Å². The number of nitrogens with one attached hydrogen (secondary N) is 1. The van der Waals surface area contributed by atoms with Gasteiger partial charge in [0.25, 0.3) is 0 Å². The largest absolute Gasteiger partial charge is 0.319 e. The van der Waals surface area contributed by atoms with Crippen LogP contribution in [-0.2, 0) is 6.54 Å². The maximum atomic E-state index is 4.51. The van der Waals surface area contributed by atoms with Gasteiger partial charge in [0.1, 0.15) is 0 Å². The highest BCUT2D eigenvalue weighted by Gasteiger charge is 2.36. The van der Waals surface area contributed by atoms with Crippen LogP contribution in [0.15, 0.2) is 12.4 Å². The van der Waals surface area contributed by atoms with Crippen LogP contribution in [0.3, 0.4) is 0 Å². The van der Waals surface area contributed by atoms with E-state index >= 15 is 0 Å². The zero-order valence-electron chi connectivity index (χ0n) is 12.8. The maximum absolute atomic E-state index is 4.51. The highest BCUT2D eigenvalue weighted by Crippen LogP contribution is 2.38. The van der Waals surface area contributed by atoms with Crippen molar-refractivity contribution in [2.24, 2.45) is 5.92 Å². The van der Waals surface area contributed by atoms with E-state index in [1.54, 1.807) is 0 Å². The summed E-state index contributed by atoms with van der Waals surface area (Å²) < 4.78 is 2.09. The van der Waals surface area contributed by atoms with Crippen molar-refractivity contribution in [1.29, 1.82) is 0 Å². The van der Waals surface area contributed by atoms with Gasteiger partial charge in [-0.2, -0.15) is 5.10 Å². The summed E-state index contributed by atoms with van der Waals surface area (Å²) in [6, 6.07) is 1.12. The minimum absolute atomic E-state index is 0.526. The van der Waals surface area contributed by atoms with Crippen LogP contribution in [0, 0.1) is 5.92 Å². The lowest BCUT2D eigenvalue weighted by Gasteiger charge is -2.30. The zero-order chi connectivity index (χ0) is 13.8. The van der Waals surface area contributed by atoms with E-state index in [2.05, 4.69) is 60.2 Å². The Bertz CT molecular complexity index is 385. The molecule has 108 valence electrons. The fourth-order valence-electron chi connectivity index (χ4n) is 3.29. The molecule has 1 fully saturated rings. The quantitative estimate of drug-likeness (QED) is 0.856. The van der Waals surface area contributed by atoms with Crippen molar-refractivity contribution in [2.45, 2.75) is 52.2 Å². The van der Waals surface area contributed by atoms with Crippen molar-refractivity contribution >= 4 is 0 Å². The van der Waals surface area contributed by atoms with Gasteiger partial charge in [0.2, 0.25) is 0 Å². The van der Waals surface area contributed by atoms with Crippen LogP contribution in [0.2, 0.25) is 0 Å². The fourth-order valence-corrected chi connectivity index (χ4v) is 3.29. The minimum atomic E-state index is 0.526. The average Bonchev–Trinajstić information content (AvgIpc) is 2.96. The van der Waals surface area contributed by atoms with Gasteiger partial charge in [0.15, 0.2) is 0 Å². The molecular weight excluding hydrogens is 236 g/mol. The van der Waals surface area contributed by atoms with Crippen molar-refractivity contribution < 1.29 is 0 Å². The number of aryl methyl sites for hydroxylation is 1. The molecule has 1 N–H and O–H groups in total. The van der Waals surface area contributed by atoms with E-state index in [1.807, 2.05) is 0 Å². The fraction of sp³-hybridized carbons (Fsp3) is 0.800. The van der Waals surface area contributed by atoms with E-state index in [1.165, 1.54) is 18.5 Å². The van der Waals surface area contributed by atoms with E-state index in [0.29, 0.717) is 18.0 Å². The first-order valence-electron chi connectivity index (χ1n) is 7.60. The maximum Gasteiger partial charge on any atom is 0.0537 e. The van der Waals surface area contributed by atoms with Crippen LogP contribution in [0.25, 0.3) is 0 Å². The summed E-state index contributed by atoms with van der Waals surface area (Å²) in [6.45, 7) is 10.1. The van der Waals surface area contributed by atoms with Crippen LogP contribution >= 0.6 is 0 Å². The Kier molecular flexibility index (Phi) is 4.99. The van der Waals surface area contributed by atoms with Gasteiger partial charge >= 0.3 is 0 Å². The van der Waals surface area contributed by atoms with Crippen LogP contribution in [0.5, 0.6) is 0 Å². The lowest BCUT2D eigenvalue weighted by atomic mass is 9.95. The Morgan fingerprint density at radius 2 is 2.26 bits per heavy atom. The molecule has 0 bridgehead atoms. The lowest BCUT2D eigenvalue weighted by Crippen LogP contribution is -2.33. The van der Waals surface area contributed by atoms with Gasteiger partial charge in [-0.15, -0.1) is 0 Å². The molecular formula is C15H28N4. The highest BCUT2D eigenvalue weighted by atomic mass is 15.3. The lowest BCUT2D eigenvalue weighted by molar-refractivity contribution is 0.182. The summed E-state index contributed by atoms with van der Waals surface area (Å²) in [5.74, 6) is 0.701. The Labute approximate surface area is 117 Å². The molecule has 1 aliphatic rings. The Balaban J connectivity index is 2.19. The molecule has 1 aromatic rings. The molecule has 1 aromatic heterocycles. The molecule has 1 aliphatic heterocycles. The van der Waals surface area contributed by atoms with Gasteiger partial charge in [-0.3, -0.25) is 9.58 Å². The number of likely N-dealkylation sites (tertiary alicyclic amines) is 1. The molecule has 2 atom stereocenters. The van der Waals surface area contributed by atoms with Crippen LogP contribution in [-0.4, -0.2) is 40.9 Å². The standard InChI is InChI=1S/C15H28N4/c1-5-7-18-11-14(10-17-18)15-13(9-16-4)6-8-19(15)12(2)3/h10-13,15-16H,5-9H2,1-4H3. The predicted octanol–water partition coefficient (Wildman–Crippen LogP) is 2.28. The third kappa shape index (κ3) is 3.18. The first kappa shape index (κ1) is 14.5. The van der Waals surface area contributed by atoms with Gasteiger partial charge in [-0.1, -0.05) is 6.92 Å². The first-order valence-corrected chi connectivity index (χ1v) is 7.60. The van der Waals surface area contributed by atoms with E-state index in [-0.39, 0.29) is 0 Å². The molecule has 0 radical (unpaired) electrons. The number of nitrogens with zero attached hydrogens (tertiary/aromatic N) is 3. The third-order valence-corrected chi connectivity index (χ3v) is 4.14. The summed E-state index contributed by atoms with van der Waals surface area (Å²) in [5, 5.41) is 7.86. The number of rotatable bonds is 6. The summed E-state index contributed by atoms with van der Waals surface area (Å²) in [6.07, 6.45) is 6.74. The predicted molar refractivity (Wildman–Crippen MR) is 79.1 cm³/mol. The molecule has 2 rings (SSSR count). The van der Waals surface area contributed by atoms with E-state index in [4.69, 9.17) is 0 Å². The summed E-state index contributed by atoms with van der Waals surface area (Å²) in [5.41, 5.74) is 1.39. The van der Waals surface area contributed by atoms with E-state index in [0.717, 1.165) is 19.5 Å². The molecule has 0 aromatic carbocycles. The monoisotopic (exact) mass is 264 g/mol. The summed E-state index contributed by atoms with van der Waals surface area (Å²) >= 11 is 0. The smallest absolute Gasteiger partial charge is 0.0537 e. The average molecular weight is 264 g/mol. The normalized spacial score (nSPS) is 24.5. The number of aromatic nitrogens is 2.